The number of aryl methyl sites for hydroxylation is 1. The fourth-order valence-electron chi connectivity index (χ4n) is 3.00. The van der Waals surface area contributed by atoms with Crippen molar-refractivity contribution in [2.75, 3.05) is 26.7 Å². The highest BCUT2D eigenvalue weighted by molar-refractivity contribution is 9.10. The van der Waals surface area contributed by atoms with Crippen molar-refractivity contribution in [3.8, 4) is 0 Å². The largest absolute Gasteiger partial charge is 0.350 e. The average molecular weight is 322 g/mol. The summed E-state index contributed by atoms with van der Waals surface area (Å²) in [4.78, 5) is 2.40. The lowest BCUT2D eigenvalue weighted by Gasteiger charge is -2.30. The van der Waals surface area contributed by atoms with Crippen LogP contribution < -0.4 is 5.32 Å². The molecule has 2 aromatic rings. The van der Waals surface area contributed by atoms with Crippen molar-refractivity contribution in [1.82, 2.24) is 14.8 Å². The zero-order chi connectivity index (χ0) is 13.4. The lowest BCUT2D eigenvalue weighted by atomic mass is 10.0. The highest BCUT2D eigenvalue weighted by atomic mass is 79.9. The Morgan fingerprint density at radius 1 is 1.37 bits per heavy atom. The van der Waals surface area contributed by atoms with Crippen LogP contribution in [-0.2, 0) is 13.5 Å². The Labute approximate surface area is 122 Å². The van der Waals surface area contributed by atoms with E-state index < -0.39 is 0 Å². The molecule has 0 saturated carbocycles. The molecule has 1 atom stereocenters. The zero-order valence-electron chi connectivity index (χ0n) is 11.5. The molecular formula is C15H20BrN3. The molecule has 102 valence electrons. The second-order valence-corrected chi connectivity index (χ2v) is 6.46. The highest BCUT2D eigenvalue weighted by Crippen LogP contribution is 2.25. The smallest absolute Gasteiger partial charge is 0.0481 e. The zero-order valence-corrected chi connectivity index (χ0v) is 13.1. The first-order valence-electron chi connectivity index (χ1n) is 6.79. The monoisotopic (exact) mass is 321 g/mol. The van der Waals surface area contributed by atoms with Gasteiger partial charge in [-0.05, 0) is 37.2 Å². The van der Waals surface area contributed by atoms with Crippen molar-refractivity contribution in [1.29, 1.82) is 0 Å². The molecule has 1 saturated heterocycles. The van der Waals surface area contributed by atoms with Gasteiger partial charge in [0, 0.05) is 54.3 Å². The minimum atomic E-state index is 0.559. The third-order valence-electron chi connectivity index (χ3n) is 3.96. The molecule has 4 heteroatoms. The standard InChI is InChI=1S/C15H20BrN3/c1-18-6-5-17-13(10-18)7-11-9-19(2)15-4-3-12(16)8-14(11)15/h3-4,8-9,13,17H,5-7,10H2,1-2H3. The van der Waals surface area contributed by atoms with E-state index in [0.717, 1.165) is 30.5 Å². The number of hydrogen-bond donors (Lipinski definition) is 1. The molecule has 1 aliphatic heterocycles. The molecule has 1 aliphatic rings. The van der Waals surface area contributed by atoms with Gasteiger partial charge in [-0.15, -0.1) is 0 Å². The van der Waals surface area contributed by atoms with Gasteiger partial charge in [0.1, 0.15) is 0 Å². The Hall–Kier alpha value is -0.840. The minimum Gasteiger partial charge on any atom is -0.350 e. The predicted molar refractivity (Wildman–Crippen MR) is 83.6 cm³/mol. The molecule has 2 heterocycles. The molecule has 1 aromatic heterocycles. The van der Waals surface area contributed by atoms with Crippen LogP contribution in [0.2, 0.25) is 0 Å². The van der Waals surface area contributed by atoms with E-state index in [9.17, 15) is 0 Å². The van der Waals surface area contributed by atoms with E-state index in [1.807, 2.05) is 0 Å². The van der Waals surface area contributed by atoms with E-state index in [1.165, 1.54) is 16.5 Å². The summed E-state index contributed by atoms with van der Waals surface area (Å²) in [5, 5.41) is 4.99. The average Bonchev–Trinajstić information content (AvgIpc) is 2.66. The van der Waals surface area contributed by atoms with Gasteiger partial charge in [-0.1, -0.05) is 15.9 Å². The fourth-order valence-corrected chi connectivity index (χ4v) is 3.36. The van der Waals surface area contributed by atoms with Gasteiger partial charge >= 0.3 is 0 Å². The van der Waals surface area contributed by atoms with Crippen molar-refractivity contribution in [2.24, 2.45) is 7.05 Å². The maximum atomic E-state index is 3.62. The summed E-state index contributed by atoms with van der Waals surface area (Å²) >= 11 is 3.58. The minimum absolute atomic E-state index is 0.559. The predicted octanol–water partition coefficient (Wildman–Crippen LogP) is 2.39. The van der Waals surface area contributed by atoms with Crippen molar-refractivity contribution < 1.29 is 0 Å². The summed E-state index contributed by atoms with van der Waals surface area (Å²) in [5.41, 5.74) is 2.74. The van der Waals surface area contributed by atoms with Crippen LogP contribution in [0.3, 0.4) is 0 Å². The number of nitrogens with zero attached hydrogens (tertiary/aromatic N) is 2. The summed E-state index contributed by atoms with van der Waals surface area (Å²) in [6, 6.07) is 7.09. The molecule has 0 spiro atoms. The molecule has 0 bridgehead atoms. The molecule has 19 heavy (non-hydrogen) atoms. The Morgan fingerprint density at radius 3 is 3.00 bits per heavy atom. The first-order valence-corrected chi connectivity index (χ1v) is 7.58. The summed E-state index contributed by atoms with van der Waals surface area (Å²) in [6.07, 6.45) is 3.37. The maximum absolute atomic E-state index is 3.62. The highest BCUT2D eigenvalue weighted by Gasteiger charge is 2.18. The molecule has 3 rings (SSSR count). The number of likely N-dealkylation sites (N-methyl/N-ethyl adjacent to an activating group) is 1. The molecular weight excluding hydrogens is 302 g/mol. The van der Waals surface area contributed by atoms with Gasteiger partial charge in [-0.3, -0.25) is 0 Å². The number of hydrogen-bond acceptors (Lipinski definition) is 2. The van der Waals surface area contributed by atoms with E-state index in [4.69, 9.17) is 0 Å². The third kappa shape index (κ3) is 2.71. The van der Waals surface area contributed by atoms with Crippen molar-refractivity contribution >= 4 is 26.8 Å². The molecule has 0 radical (unpaired) electrons. The Balaban J connectivity index is 1.90. The second kappa shape index (κ2) is 5.27. The van der Waals surface area contributed by atoms with Gasteiger partial charge in [-0.25, -0.2) is 0 Å². The summed E-state index contributed by atoms with van der Waals surface area (Å²) in [7, 11) is 4.33. The van der Waals surface area contributed by atoms with Gasteiger partial charge in [0.15, 0.2) is 0 Å². The Kier molecular flexibility index (Phi) is 3.65. The van der Waals surface area contributed by atoms with Gasteiger partial charge in [-0.2, -0.15) is 0 Å². The number of aromatic nitrogens is 1. The van der Waals surface area contributed by atoms with Crippen molar-refractivity contribution in [2.45, 2.75) is 12.5 Å². The second-order valence-electron chi connectivity index (χ2n) is 5.54. The van der Waals surface area contributed by atoms with E-state index >= 15 is 0 Å². The van der Waals surface area contributed by atoms with Crippen molar-refractivity contribution in [3.05, 3.63) is 34.4 Å². The summed E-state index contributed by atoms with van der Waals surface area (Å²) in [6.45, 7) is 3.37. The lowest BCUT2D eigenvalue weighted by Crippen LogP contribution is -2.49. The topological polar surface area (TPSA) is 20.2 Å². The van der Waals surface area contributed by atoms with Crippen LogP contribution in [-0.4, -0.2) is 42.2 Å². The number of halogens is 1. The molecule has 1 fully saturated rings. The Bertz CT molecular complexity index is 590. The number of benzene rings is 1. The van der Waals surface area contributed by atoms with Gasteiger partial charge in [0.25, 0.3) is 0 Å². The van der Waals surface area contributed by atoms with Crippen LogP contribution >= 0.6 is 15.9 Å². The first-order chi connectivity index (χ1) is 9.13. The number of piperazine rings is 1. The van der Waals surface area contributed by atoms with Crippen LogP contribution in [0.5, 0.6) is 0 Å². The van der Waals surface area contributed by atoms with Crippen LogP contribution in [0.25, 0.3) is 10.9 Å². The summed E-state index contributed by atoms with van der Waals surface area (Å²) < 4.78 is 3.38. The fraction of sp³-hybridized carbons (Fsp3) is 0.467. The maximum Gasteiger partial charge on any atom is 0.0481 e. The van der Waals surface area contributed by atoms with Crippen LogP contribution in [0, 0.1) is 0 Å². The first kappa shape index (κ1) is 13.2. The van der Waals surface area contributed by atoms with E-state index in [2.05, 4.69) is 69.2 Å². The Morgan fingerprint density at radius 2 is 2.21 bits per heavy atom. The number of rotatable bonds is 2. The third-order valence-corrected chi connectivity index (χ3v) is 4.45. The van der Waals surface area contributed by atoms with Crippen molar-refractivity contribution in [3.63, 3.8) is 0 Å². The molecule has 3 nitrogen and oxygen atoms in total. The van der Waals surface area contributed by atoms with Crippen LogP contribution in [0.4, 0.5) is 0 Å². The molecule has 0 amide bonds. The molecule has 1 unspecified atom stereocenters. The number of fused-ring (bicyclic) bond motifs is 1. The normalized spacial score (nSPS) is 21.1. The molecule has 1 N–H and O–H groups in total. The van der Waals surface area contributed by atoms with Gasteiger partial charge in [0.2, 0.25) is 0 Å². The van der Waals surface area contributed by atoms with E-state index in [-0.39, 0.29) is 0 Å². The van der Waals surface area contributed by atoms with E-state index in [0.29, 0.717) is 6.04 Å². The summed E-state index contributed by atoms with van der Waals surface area (Å²) in [5.74, 6) is 0. The molecule has 0 aliphatic carbocycles. The van der Waals surface area contributed by atoms with E-state index in [1.54, 1.807) is 0 Å². The van der Waals surface area contributed by atoms with Gasteiger partial charge in [0.05, 0.1) is 0 Å². The molecule has 1 aromatic carbocycles. The quantitative estimate of drug-likeness (QED) is 0.916. The van der Waals surface area contributed by atoms with Crippen LogP contribution in [0.15, 0.2) is 28.9 Å². The van der Waals surface area contributed by atoms with Gasteiger partial charge < -0.3 is 14.8 Å². The SMILES string of the molecule is CN1CCNC(Cc2cn(C)c3ccc(Br)cc23)C1. The van der Waals surface area contributed by atoms with Crippen LogP contribution in [0.1, 0.15) is 5.56 Å². The number of nitrogens with one attached hydrogen (secondary N) is 1. The lowest BCUT2D eigenvalue weighted by molar-refractivity contribution is 0.238.